The molecule has 0 aliphatic carbocycles. The molecular formula is C17H28BrN. The lowest BCUT2D eigenvalue weighted by Gasteiger charge is -2.35. The van der Waals surface area contributed by atoms with Crippen LogP contribution in [0, 0.1) is 17.3 Å². The molecule has 0 spiro atoms. The highest BCUT2D eigenvalue weighted by molar-refractivity contribution is 9.10. The molecule has 108 valence electrons. The molecule has 0 aliphatic heterocycles. The lowest BCUT2D eigenvalue weighted by Crippen LogP contribution is -2.39. The van der Waals surface area contributed by atoms with Gasteiger partial charge in [-0.3, -0.25) is 0 Å². The second kappa shape index (κ2) is 7.44. The summed E-state index contributed by atoms with van der Waals surface area (Å²) in [6.07, 6.45) is 1.13. The highest BCUT2D eigenvalue weighted by Crippen LogP contribution is 2.31. The van der Waals surface area contributed by atoms with E-state index in [9.17, 15) is 0 Å². The van der Waals surface area contributed by atoms with Crippen molar-refractivity contribution in [2.24, 2.45) is 17.3 Å². The molecule has 1 N–H and O–H groups in total. The molecule has 0 bridgehead atoms. The van der Waals surface area contributed by atoms with Crippen molar-refractivity contribution in [2.75, 3.05) is 13.1 Å². The first-order valence-electron chi connectivity index (χ1n) is 7.28. The van der Waals surface area contributed by atoms with E-state index in [4.69, 9.17) is 0 Å². The topological polar surface area (TPSA) is 12.0 Å². The van der Waals surface area contributed by atoms with Gasteiger partial charge in [-0.1, -0.05) is 62.7 Å². The SMILES string of the molecule is CC(C)CNCC(C)(Cc1ccc(Br)cc1)C(C)C. The third-order valence-electron chi connectivity index (χ3n) is 4.00. The fourth-order valence-electron chi connectivity index (χ4n) is 2.19. The lowest BCUT2D eigenvalue weighted by atomic mass is 9.74. The van der Waals surface area contributed by atoms with Gasteiger partial charge in [-0.05, 0) is 47.9 Å². The van der Waals surface area contributed by atoms with Crippen LogP contribution in [0.1, 0.15) is 40.2 Å². The smallest absolute Gasteiger partial charge is 0.0175 e. The number of rotatable bonds is 7. The van der Waals surface area contributed by atoms with Gasteiger partial charge in [0.05, 0.1) is 0 Å². The van der Waals surface area contributed by atoms with Crippen LogP contribution < -0.4 is 5.32 Å². The predicted molar refractivity (Wildman–Crippen MR) is 88.5 cm³/mol. The van der Waals surface area contributed by atoms with Crippen LogP contribution >= 0.6 is 15.9 Å². The van der Waals surface area contributed by atoms with Crippen molar-refractivity contribution in [3.8, 4) is 0 Å². The minimum absolute atomic E-state index is 0.308. The summed E-state index contributed by atoms with van der Waals surface area (Å²) in [6, 6.07) is 8.73. The summed E-state index contributed by atoms with van der Waals surface area (Å²) in [5.74, 6) is 1.37. The van der Waals surface area contributed by atoms with Gasteiger partial charge in [0.1, 0.15) is 0 Å². The normalized spacial score (nSPS) is 14.9. The number of halogens is 1. The van der Waals surface area contributed by atoms with Gasteiger partial charge in [0, 0.05) is 11.0 Å². The van der Waals surface area contributed by atoms with Gasteiger partial charge in [0.25, 0.3) is 0 Å². The fourth-order valence-corrected chi connectivity index (χ4v) is 2.45. The number of benzene rings is 1. The van der Waals surface area contributed by atoms with Crippen LogP contribution in [0.5, 0.6) is 0 Å². The first-order valence-corrected chi connectivity index (χ1v) is 8.08. The number of hydrogen-bond donors (Lipinski definition) is 1. The molecule has 0 aromatic heterocycles. The van der Waals surface area contributed by atoms with Crippen LogP contribution in [0.25, 0.3) is 0 Å². The van der Waals surface area contributed by atoms with Gasteiger partial charge in [0.2, 0.25) is 0 Å². The molecule has 1 unspecified atom stereocenters. The monoisotopic (exact) mass is 325 g/mol. The molecule has 0 radical (unpaired) electrons. The number of nitrogens with one attached hydrogen (secondary N) is 1. The largest absolute Gasteiger partial charge is 0.316 e. The molecule has 2 heteroatoms. The zero-order valence-electron chi connectivity index (χ0n) is 13.0. The van der Waals surface area contributed by atoms with Gasteiger partial charge in [-0.25, -0.2) is 0 Å². The summed E-state index contributed by atoms with van der Waals surface area (Å²) >= 11 is 3.50. The van der Waals surface area contributed by atoms with E-state index >= 15 is 0 Å². The summed E-state index contributed by atoms with van der Waals surface area (Å²) in [7, 11) is 0. The van der Waals surface area contributed by atoms with Crippen molar-refractivity contribution in [2.45, 2.75) is 41.0 Å². The molecule has 1 nitrogen and oxygen atoms in total. The van der Waals surface area contributed by atoms with E-state index in [1.54, 1.807) is 0 Å². The van der Waals surface area contributed by atoms with E-state index < -0.39 is 0 Å². The molecule has 0 fully saturated rings. The minimum Gasteiger partial charge on any atom is -0.316 e. The fraction of sp³-hybridized carbons (Fsp3) is 0.647. The second-order valence-corrected chi connectivity index (χ2v) is 7.55. The summed E-state index contributed by atoms with van der Waals surface area (Å²) in [6.45, 7) is 13.8. The van der Waals surface area contributed by atoms with Crippen molar-refractivity contribution in [1.82, 2.24) is 5.32 Å². The maximum Gasteiger partial charge on any atom is 0.0175 e. The average molecular weight is 326 g/mol. The maximum atomic E-state index is 3.63. The molecular weight excluding hydrogens is 298 g/mol. The third kappa shape index (κ3) is 5.66. The van der Waals surface area contributed by atoms with E-state index in [0.717, 1.165) is 24.0 Å². The average Bonchev–Trinajstić information content (AvgIpc) is 2.31. The van der Waals surface area contributed by atoms with Gasteiger partial charge in [-0.15, -0.1) is 0 Å². The Morgan fingerprint density at radius 2 is 1.68 bits per heavy atom. The Morgan fingerprint density at radius 1 is 1.11 bits per heavy atom. The molecule has 0 aliphatic rings. The number of hydrogen-bond acceptors (Lipinski definition) is 1. The maximum absolute atomic E-state index is 3.63. The van der Waals surface area contributed by atoms with E-state index in [2.05, 4.69) is 80.1 Å². The Bertz CT molecular complexity index is 369. The second-order valence-electron chi connectivity index (χ2n) is 6.64. The highest BCUT2D eigenvalue weighted by Gasteiger charge is 2.28. The van der Waals surface area contributed by atoms with Crippen molar-refractivity contribution >= 4 is 15.9 Å². The molecule has 0 heterocycles. The van der Waals surface area contributed by atoms with Crippen LogP contribution in [0.2, 0.25) is 0 Å². The van der Waals surface area contributed by atoms with Crippen LogP contribution in [-0.2, 0) is 6.42 Å². The van der Waals surface area contributed by atoms with Gasteiger partial charge < -0.3 is 5.32 Å². The Labute approximate surface area is 127 Å². The van der Waals surface area contributed by atoms with Crippen molar-refractivity contribution in [3.63, 3.8) is 0 Å². The Hall–Kier alpha value is -0.340. The van der Waals surface area contributed by atoms with Crippen LogP contribution in [-0.4, -0.2) is 13.1 Å². The van der Waals surface area contributed by atoms with Gasteiger partial charge in [0.15, 0.2) is 0 Å². The summed E-state index contributed by atoms with van der Waals surface area (Å²) in [5.41, 5.74) is 1.73. The Kier molecular flexibility index (Phi) is 6.55. The lowest BCUT2D eigenvalue weighted by molar-refractivity contribution is 0.205. The highest BCUT2D eigenvalue weighted by atomic mass is 79.9. The molecule has 1 aromatic carbocycles. The molecule has 0 saturated carbocycles. The van der Waals surface area contributed by atoms with E-state index in [1.807, 2.05) is 0 Å². The molecule has 0 amide bonds. The Morgan fingerprint density at radius 3 is 2.16 bits per heavy atom. The van der Waals surface area contributed by atoms with Crippen LogP contribution in [0.3, 0.4) is 0 Å². The first kappa shape index (κ1) is 16.7. The minimum atomic E-state index is 0.308. The molecule has 1 aromatic rings. The zero-order chi connectivity index (χ0) is 14.5. The van der Waals surface area contributed by atoms with Crippen molar-refractivity contribution in [1.29, 1.82) is 0 Å². The van der Waals surface area contributed by atoms with Crippen molar-refractivity contribution in [3.05, 3.63) is 34.3 Å². The molecule has 0 saturated heterocycles. The van der Waals surface area contributed by atoms with Crippen molar-refractivity contribution < 1.29 is 0 Å². The van der Waals surface area contributed by atoms with Crippen LogP contribution in [0.4, 0.5) is 0 Å². The van der Waals surface area contributed by atoms with Crippen LogP contribution in [0.15, 0.2) is 28.7 Å². The van der Waals surface area contributed by atoms with E-state index in [-0.39, 0.29) is 0 Å². The van der Waals surface area contributed by atoms with E-state index in [1.165, 1.54) is 5.56 Å². The third-order valence-corrected chi connectivity index (χ3v) is 4.53. The summed E-state index contributed by atoms with van der Waals surface area (Å²) in [4.78, 5) is 0. The van der Waals surface area contributed by atoms with E-state index in [0.29, 0.717) is 17.3 Å². The Balaban J connectivity index is 2.67. The van der Waals surface area contributed by atoms with Gasteiger partial charge in [-0.2, -0.15) is 0 Å². The van der Waals surface area contributed by atoms with Gasteiger partial charge >= 0.3 is 0 Å². The molecule has 1 rings (SSSR count). The summed E-state index contributed by atoms with van der Waals surface area (Å²) < 4.78 is 1.15. The quantitative estimate of drug-likeness (QED) is 0.751. The first-order chi connectivity index (χ1) is 8.83. The summed E-state index contributed by atoms with van der Waals surface area (Å²) in [5, 5.41) is 3.63. The molecule has 1 atom stereocenters. The predicted octanol–water partition coefficient (Wildman–Crippen LogP) is 4.90. The standard InChI is InChI=1S/C17H28BrN/c1-13(2)11-19-12-17(5,14(3)4)10-15-6-8-16(18)9-7-15/h6-9,13-14,19H,10-12H2,1-5H3. The zero-order valence-corrected chi connectivity index (χ0v) is 14.5. The molecule has 19 heavy (non-hydrogen) atoms.